The average Bonchev–Trinajstić information content (AvgIpc) is 2.73. The molecular weight excluding hydrogens is 292 g/mol. The summed E-state index contributed by atoms with van der Waals surface area (Å²) in [4.78, 5) is 26.3. The molecule has 5 heteroatoms. The van der Waals surface area contributed by atoms with Crippen molar-refractivity contribution in [1.29, 1.82) is 0 Å². The lowest BCUT2D eigenvalue weighted by atomic mass is 9.86. The maximum atomic E-state index is 12.6. The van der Waals surface area contributed by atoms with Gasteiger partial charge in [0, 0.05) is 38.4 Å². The van der Waals surface area contributed by atoms with Crippen molar-refractivity contribution in [1.82, 2.24) is 5.32 Å². The van der Waals surface area contributed by atoms with Crippen molar-refractivity contribution in [2.75, 3.05) is 31.2 Å². The zero-order chi connectivity index (χ0) is 16.9. The molecule has 0 aromatic heterocycles. The first-order valence-electron chi connectivity index (χ1n) is 8.24. The van der Waals surface area contributed by atoms with E-state index in [1.165, 1.54) is 0 Å². The zero-order valence-corrected chi connectivity index (χ0v) is 14.2. The second kappa shape index (κ2) is 7.59. The van der Waals surface area contributed by atoms with Crippen LogP contribution in [0.1, 0.15) is 39.2 Å². The van der Waals surface area contributed by atoms with Gasteiger partial charge in [0.2, 0.25) is 11.8 Å². The zero-order valence-electron chi connectivity index (χ0n) is 14.2. The molecule has 0 saturated carbocycles. The van der Waals surface area contributed by atoms with E-state index in [4.69, 9.17) is 4.74 Å². The van der Waals surface area contributed by atoms with E-state index in [2.05, 4.69) is 5.32 Å². The lowest BCUT2D eigenvalue weighted by Gasteiger charge is -2.20. The van der Waals surface area contributed by atoms with Crippen molar-refractivity contribution < 1.29 is 14.3 Å². The van der Waals surface area contributed by atoms with Crippen molar-refractivity contribution in [3.8, 4) is 0 Å². The van der Waals surface area contributed by atoms with E-state index in [9.17, 15) is 9.59 Å². The largest absolute Gasteiger partial charge is 0.382 e. The van der Waals surface area contributed by atoms with Gasteiger partial charge in [-0.15, -0.1) is 0 Å². The van der Waals surface area contributed by atoms with Crippen LogP contribution in [-0.4, -0.2) is 38.1 Å². The number of nitrogens with one attached hydrogen (secondary N) is 1. The Morgan fingerprint density at radius 2 is 2.04 bits per heavy atom. The highest BCUT2D eigenvalue weighted by Gasteiger charge is 2.43. The molecule has 2 amide bonds. The van der Waals surface area contributed by atoms with E-state index in [-0.39, 0.29) is 11.8 Å². The first-order chi connectivity index (χ1) is 11.0. The van der Waals surface area contributed by atoms with E-state index in [1.807, 2.05) is 45.0 Å². The summed E-state index contributed by atoms with van der Waals surface area (Å²) in [7, 11) is 0. The Hall–Kier alpha value is -1.88. The van der Waals surface area contributed by atoms with Gasteiger partial charge in [0.05, 0.1) is 5.41 Å². The van der Waals surface area contributed by atoms with Crippen LogP contribution >= 0.6 is 0 Å². The van der Waals surface area contributed by atoms with E-state index < -0.39 is 5.41 Å². The molecule has 126 valence electrons. The molecule has 0 bridgehead atoms. The fraction of sp³-hybridized carbons (Fsp3) is 0.556. The normalized spacial score (nSPS) is 15.6. The van der Waals surface area contributed by atoms with E-state index in [0.717, 1.165) is 17.7 Å². The SMILES string of the molecule is CCOCCCNC(=O)CCN1C(=O)C(C)(C)c2ccccc21. The fourth-order valence-electron chi connectivity index (χ4n) is 2.87. The minimum atomic E-state index is -0.523. The van der Waals surface area contributed by atoms with Crippen LogP contribution in [0.4, 0.5) is 5.69 Å². The number of hydrogen-bond acceptors (Lipinski definition) is 3. The summed E-state index contributed by atoms with van der Waals surface area (Å²) in [6.07, 6.45) is 1.11. The highest BCUT2D eigenvalue weighted by Crippen LogP contribution is 2.41. The van der Waals surface area contributed by atoms with Crippen molar-refractivity contribution >= 4 is 17.5 Å². The molecule has 0 unspecified atom stereocenters. The molecule has 1 aromatic rings. The maximum absolute atomic E-state index is 12.6. The summed E-state index contributed by atoms with van der Waals surface area (Å²) in [5.74, 6) is 0.0272. The molecule has 1 heterocycles. The number of rotatable bonds is 8. The third kappa shape index (κ3) is 3.91. The molecule has 1 aliphatic heterocycles. The molecule has 1 N–H and O–H groups in total. The second-order valence-electron chi connectivity index (χ2n) is 6.25. The van der Waals surface area contributed by atoms with Gasteiger partial charge in [0.25, 0.3) is 0 Å². The summed E-state index contributed by atoms with van der Waals surface area (Å²) >= 11 is 0. The highest BCUT2D eigenvalue weighted by atomic mass is 16.5. The average molecular weight is 318 g/mol. The van der Waals surface area contributed by atoms with Crippen LogP contribution in [0.25, 0.3) is 0 Å². The van der Waals surface area contributed by atoms with Crippen molar-refractivity contribution in [2.45, 2.75) is 39.0 Å². The minimum Gasteiger partial charge on any atom is -0.382 e. The number of hydrogen-bond donors (Lipinski definition) is 1. The summed E-state index contributed by atoms with van der Waals surface area (Å²) in [6.45, 7) is 8.18. The predicted molar refractivity (Wildman–Crippen MR) is 90.6 cm³/mol. The summed E-state index contributed by atoms with van der Waals surface area (Å²) in [6, 6.07) is 7.81. The number of amides is 2. The minimum absolute atomic E-state index is 0.0310. The molecule has 0 atom stereocenters. The van der Waals surface area contributed by atoms with Crippen LogP contribution in [-0.2, 0) is 19.7 Å². The number of para-hydroxylation sites is 1. The van der Waals surface area contributed by atoms with Gasteiger partial charge in [0.15, 0.2) is 0 Å². The summed E-state index contributed by atoms with van der Waals surface area (Å²) in [5, 5.41) is 2.87. The van der Waals surface area contributed by atoms with Gasteiger partial charge in [-0.25, -0.2) is 0 Å². The van der Waals surface area contributed by atoms with Gasteiger partial charge < -0.3 is 15.0 Å². The van der Waals surface area contributed by atoms with Crippen LogP contribution < -0.4 is 10.2 Å². The summed E-state index contributed by atoms with van der Waals surface area (Å²) in [5.41, 5.74) is 1.43. The van der Waals surface area contributed by atoms with Gasteiger partial charge in [-0.3, -0.25) is 9.59 Å². The van der Waals surface area contributed by atoms with Crippen LogP contribution in [0.2, 0.25) is 0 Å². The van der Waals surface area contributed by atoms with Gasteiger partial charge in [-0.05, 0) is 38.8 Å². The third-order valence-corrected chi connectivity index (χ3v) is 4.20. The Bertz CT molecular complexity index is 569. The lowest BCUT2D eigenvalue weighted by Crippen LogP contribution is -2.38. The van der Waals surface area contributed by atoms with Crippen molar-refractivity contribution in [3.63, 3.8) is 0 Å². The van der Waals surface area contributed by atoms with Crippen LogP contribution in [0, 0.1) is 0 Å². The van der Waals surface area contributed by atoms with Crippen LogP contribution in [0.3, 0.4) is 0 Å². The molecule has 0 saturated heterocycles. The Balaban J connectivity index is 1.86. The molecule has 0 radical (unpaired) electrons. The Morgan fingerprint density at radius 3 is 2.78 bits per heavy atom. The maximum Gasteiger partial charge on any atom is 0.237 e. The van der Waals surface area contributed by atoms with E-state index >= 15 is 0 Å². The smallest absolute Gasteiger partial charge is 0.237 e. The first kappa shape index (κ1) is 17.5. The van der Waals surface area contributed by atoms with Crippen molar-refractivity contribution in [3.05, 3.63) is 29.8 Å². The van der Waals surface area contributed by atoms with Gasteiger partial charge in [-0.2, -0.15) is 0 Å². The number of anilines is 1. The monoisotopic (exact) mass is 318 g/mol. The number of ether oxygens (including phenoxy) is 1. The van der Waals surface area contributed by atoms with Gasteiger partial charge >= 0.3 is 0 Å². The fourth-order valence-corrected chi connectivity index (χ4v) is 2.87. The lowest BCUT2D eigenvalue weighted by molar-refractivity contribution is -0.122. The predicted octanol–water partition coefficient (Wildman–Crippen LogP) is 2.24. The topological polar surface area (TPSA) is 58.6 Å². The quantitative estimate of drug-likeness (QED) is 0.748. The number of nitrogens with zero attached hydrogens (tertiary/aromatic N) is 1. The standard InChI is InChI=1S/C18H26N2O3/c1-4-23-13-7-11-19-16(21)10-12-20-15-9-6-5-8-14(15)18(2,3)17(20)22/h5-6,8-9H,4,7,10-13H2,1-3H3,(H,19,21). The molecule has 0 spiro atoms. The number of carbonyl (C=O) groups is 2. The Kier molecular flexibility index (Phi) is 5.77. The molecule has 0 aliphatic carbocycles. The Labute approximate surface area is 138 Å². The first-order valence-corrected chi connectivity index (χ1v) is 8.24. The van der Waals surface area contributed by atoms with E-state index in [0.29, 0.717) is 32.7 Å². The van der Waals surface area contributed by atoms with E-state index in [1.54, 1.807) is 4.90 Å². The third-order valence-electron chi connectivity index (χ3n) is 4.20. The highest BCUT2D eigenvalue weighted by molar-refractivity contribution is 6.07. The van der Waals surface area contributed by atoms with Gasteiger partial charge in [0.1, 0.15) is 0 Å². The molecule has 1 aromatic carbocycles. The molecule has 2 rings (SSSR count). The number of carbonyl (C=O) groups excluding carboxylic acids is 2. The van der Waals surface area contributed by atoms with Crippen LogP contribution in [0.5, 0.6) is 0 Å². The summed E-state index contributed by atoms with van der Waals surface area (Å²) < 4.78 is 5.23. The number of fused-ring (bicyclic) bond motifs is 1. The molecule has 1 aliphatic rings. The molecule has 5 nitrogen and oxygen atoms in total. The second-order valence-corrected chi connectivity index (χ2v) is 6.25. The molecule has 23 heavy (non-hydrogen) atoms. The van der Waals surface area contributed by atoms with Crippen LogP contribution in [0.15, 0.2) is 24.3 Å². The molecule has 0 fully saturated rings. The van der Waals surface area contributed by atoms with Crippen molar-refractivity contribution in [2.24, 2.45) is 0 Å². The number of benzene rings is 1. The molecular formula is C18H26N2O3. The van der Waals surface area contributed by atoms with Gasteiger partial charge in [-0.1, -0.05) is 18.2 Å². The Morgan fingerprint density at radius 1 is 1.30 bits per heavy atom.